The third-order valence-corrected chi connectivity index (χ3v) is 4.24. The van der Waals surface area contributed by atoms with E-state index in [4.69, 9.17) is 17.0 Å². The molecule has 2 aromatic rings. The Morgan fingerprint density at radius 2 is 2.22 bits per heavy atom. The van der Waals surface area contributed by atoms with Crippen molar-refractivity contribution in [1.82, 2.24) is 25.0 Å². The highest BCUT2D eigenvalue weighted by molar-refractivity contribution is 7.80. The third kappa shape index (κ3) is 3.77. The van der Waals surface area contributed by atoms with E-state index in [1.807, 2.05) is 13.0 Å². The quantitative estimate of drug-likeness (QED) is 0.341. The lowest BCUT2D eigenvalue weighted by atomic mass is 10.1. The van der Waals surface area contributed by atoms with Crippen LogP contribution in [-0.4, -0.2) is 49.3 Å². The van der Waals surface area contributed by atoms with Gasteiger partial charge in [-0.25, -0.2) is 0 Å². The van der Waals surface area contributed by atoms with Crippen LogP contribution >= 0.6 is 12.2 Å². The molecule has 1 amide bonds. The Morgan fingerprint density at radius 3 is 2.81 bits per heavy atom. The van der Waals surface area contributed by atoms with Gasteiger partial charge >= 0.3 is 5.95 Å². The number of rotatable bonds is 6. The summed E-state index contributed by atoms with van der Waals surface area (Å²) in [4.78, 5) is 27.5. The maximum absolute atomic E-state index is 12.3. The molecule has 140 valence electrons. The van der Waals surface area contributed by atoms with Crippen LogP contribution in [0.5, 0.6) is 5.75 Å². The van der Waals surface area contributed by atoms with Crippen molar-refractivity contribution >= 4 is 35.3 Å². The molecule has 1 aromatic carbocycles. The summed E-state index contributed by atoms with van der Waals surface area (Å²) in [6.07, 6.45) is 2.97. The first-order chi connectivity index (χ1) is 12.9. The van der Waals surface area contributed by atoms with Gasteiger partial charge in [0.2, 0.25) is 6.33 Å². The summed E-state index contributed by atoms with van der Waals surface area (Å²) in [7, 11) is 1.53. The number of carbonyl (C=O) groups excluding carboxylic acids is 1. The van der Waals surface area contributed by atoms with Gasteiger partial charge in [-0.3, -0.25) is 9.69 Å². The van der Waals surface area contributed by atoms with Crippen LogP contribution in [0.4, 0.5) is 5.95 Å². The topological polar surface area (TPSA) is 115 Å². The van der Waals surface area contributed by atoms with Crippen molar-refractivity contribution in [2.45, 2.75) is 13.5 Å². The van der Waals surface area contributed by atoms with Crippen LogP contribution in [0.3, 0.4) is 0 Å². The lowest BCUT2D eigenvalue weighted by Crippen LogP contribution is -2.30. The summed E-state index contributed by atoms with van der Waals surface area (Å²) in [6.45, 7) is 2.56. The van der Waals surface area contributed by atoms with Crippen molar-refractivity contribution < 1.29 is 14.5 Å². The summed E-state index contributed by atoms with van der Waals surface area (Å²) < 4.78 is 6.69. The van der Waals surface area contributed by atoms with Crippen LogP contribution < -0.4 is 10.1 Å². The molecular weight excluding hydrogens is 372 g/mol. The lowest BCUT2D eigenvalue weighted by Gasteiger charge is -2.09. The van der Waals surface area contributed by atoms with Gasteiger partial charge in [0, 0.05) is 17.2 Å². The molecular formula is C16H16N6O4S. The largest absolute Gasteiger partial charge is 0.496 e. The van der Waals surface area contributed by atoms with E-state index in [2.05, 4.69) is 15.4 Å². The van der Waals surface area contributed by atoms with Gasteiger partial charge in [-0.2, -0.15) is 4.68 Å². The van der Waals surface area contributed by atoms with Crippen LogP contribution in [0, 0.1) is 10.1 Å². The monoisotopic (exact) mass is 388 g/mol. The summed E-state index contributed by atoms with van der Waals surface area (Å²) in [5, 5.41) is 17.8. The minimum atomic E-state index is -0.658. The van der Waals surface area contributed by atoms with Crippen LogP contribution in [0.25, 0.3) is 6.08 Å². The third-order valence-electron chi connectivity index (χ3n) is 3.91. The fraction of sp³-hybridized carbons (Fsp3) is 0.250. The van der Waals surface area contributed by atoms with Gasteiger partial charge in [0.1, 0.15) is 11.4 Å². The maximum atomic E-state index is 12.3. The highest BCUT2D eigenvalue weighted by Crippen LogP contribution is 2.23. The minimum absolute atomic E-state index is 0.188. The molecule has 0 saturated carbocycles. The molecule has 11 heteroatoms. The molecule has 0 bridgehead atoms. The molecule has 1 aliphatic rings. The number of carbonyl (C=O) groups is 1. The second kappa shape index (κ2) is 7.50. The van der Waals surface area contributed by atoms with Crippen molar-refractivity contribution in [2.75, 3.05) is 13.7 Å². The number of methoxy groups -OCH3 is 1. The molecule has 2 heterocycles. The number of nitrogens with one attached hydrogen (secondary N) is 1. The van der Waals surface area contributed by atoms with Gasteiger partial charge in [0.25, 0.3) is 5.91 Å². The molecule has 0 unspecified atom stereocenters. The number of likely N-dealkylation sites (N-methyl/N-ethyl adjacent to an activating group) is 1. The van der Waals surface area contributed by atoms with E-state index in [-0.39, 0.29) is 12.5 Å². The maximum Gasteiger partial charge on any atom is 0.490 e. The second-order valence-corrected chi connectivity index (χ2v) is 5.99. The van der Waals surface area contributed by atoms with E-state index in [1.54, 1.807) is 18.2 Å². The Balaban J connectivity index is 1.89. The number of thiocarbonyl (C=S) groups is 1. The smallest absolute Gasteiger partial charge is 0.490 e. The number of benzene rings is 1. The normalized spacial score (nSPS) is 15.3. The van der Waals surface area contributed by atoms with E-state index >= 15 is 0 Å². The lowest BCUT2D eigenvalue weighted by molar-refractivity contribution is -0.394. The van der Waals surface area contributed by atoms with Crippen molar-refractivity contribution in [3.63, 3.8) is 0 Å². The SMILES string of the molecule is CCN1C(=O)C(=Cc2ccc(OC)c(Cn3cnc([N+](=O)[O-])n3)c2)NC1=S. The summed E-state index contributed by atoms with van der Waals surface area (Å²) in [6, 6.07) is 5.36. The van der Waals surface area contributed by atoms with E-state index in [9.17, 15) is 14.9 Å². The summed E-state index contributed by atoms with van der Waals surface area (Å²) in [5.41, 5.74) is 1.86. The number of nitrogens with zero attached hydrogens (tertiary/aromatic N) is 5. The van der Waals surface area contributed by atoms with Gasteiger partial charge in [0.15, 0.2) is 5.11 Å². The molecule has 0 spiro atoms. The molecule has 1 N–H and O–H groups in total. The van der Waals surface area contributed by atoms with Gasteiger partial charge < -0.3 is 20.2 Å². The predicted molar refractivity (Wildman–Crippen MR) is 99.9 cm³/mol. The number of nitro groups is 1. The Labute approximate surface area is 159 Å². The zero-order valence-electron chi connectivity index (χ0n) is 14.6. The number of hydrogen-bond donors (Lipinski definition) is 1. The second-order valence-electron chi connectivity index (χ2n) is 5.61. The highest BCUT2D eigenvalue weighted by atomic mass is 32.1. The molecule has 0 radical (unpaired) electrons. The fourth-order valence-electron chi connectivity index (χ4n) is 2.66. The average Bonchev–Trinajstić information content (AvgIpc) is 3.20. The first-order valence-corrected chi connectivity index (χ1v) is 8.39. The van der Waals surface area contributed by atoms with Crippen LogP contribution in [0.15, 0.2) is 30.2 Å². The van der Waals surface area contributed by atoms with Crippen molar-refractivity contribution in [1.29, 1.82) is 0 Å². The van der Waals surface area contributed by atoms with Crippen LogP contribution in [-0.2, 0) is 11.3 Å². The van der Waals surface area contributed by atoms with Crippen molar-refractivity contribution in [2.24, 2.45) is 0 Å². The molecule has 10 nitrogen and oxygen atoms in total. The molecule has 1 aromatic heterocycles. The minimum Gasteiger partial charge on any atom is -0.496 e. The molecule has 1 aliphatic heterocycles. The van der Waals surface area contributed by atoms with E-state index in [1.165, 1.54) is 23.0 Å². The molecule has 0 atom stereocenters. The number of aromatic nitrogens is 3. The number of amides is 1. The summed E-state index contributed by atoms with van der Waals surface area (Å²) in [5.74, 6) is -0.0698. The van der Waals surface area contributed by atoms with Crippen molar-refractivity contribution in [3.8, 4) is 5.75 Å². The first kappa shape index (κ1) is 18.5. The van der Waals surface area contributed by atoms with Gasteiger partial charge in [-0.15, -0.1) is 0 Å². The Kier molecular flexibility index (Phi) is 5.12. The Morgan fingerprint density at radius 1 is 1.44 bits per heavy atom. The summed E-state index contributed by atoms with van der Waals surface area (Å²) >= 11 is 5.14. The van der Waals surface area contributed by atoms with Gasteiger partial charge in [-0.1, -0.05) is 11.1 Å². The number of hydrogen-bond acceptors (Lipinski definition) is 7. The molecule has 27 heavy (non-hydrogen) atoms. The van der Waals surface area contributed by atoms with Crippen molar-refractivity contribution in [3.05, 3.63) is 51.5 Å². The van der Waals surface area contributed by atoms with Crippen LogP contribution in [0.1, 0.15) is 18.1 Å². The predicted octanol–water partition coefficient (Wildman–Crippen LogP) is 1.32. The fourth-order valence-corrected chi connectivity index (χ4v) is 2.98. The first-order valence-electron chi connectivity index (χ1n) is 7.98. The zero-order valence-corrected chi connectivity index (χ0v) is 15.4. The van der Waals surface area contributed by atoms with Gasteiger partial charge in [0.05, 0.1) is 13.7 Å². The molecule has 1 fully saturated rings. The standard InChI is InChI=1S/C16H16N6O4S/c1-3-21-14(23)12(18-16(21)27)7-10-4-5-13(26-2)11(6-10)8-20-9-17-15(19-20)22(24)25/h4-7,9H,3,8H2,1-2H3,(H,18,27). The average molecular weight is 388 g/mol. The van der Waals surface area contributed by atoms with E-state index in [0.717, 1.165) is 11.1 Å². The Bertz CT molecular complexity index is 954. The molecule has 3 rings (SSSR count). The van der Waals surface area contributed by atoms with E-state index in [0.29, 0.717) is 23.1 Å². The number of ether oxygens (including phenoxy) is 1. The Hall–Kier alpha value is -3.34. The zero-order chi connectivity index (χ0) is 19.6. The van der Waals surface area contributed by atoms with Gasteiger partial charge in [-0.05, 0) is 47.8 Å². The molecule has 1 saturated heterocycles. The van der Waals surface area contributed by atoms with Crippen LogP contribution in [0.2, 0.25) is 0 Å². The molecule has 0 aliphatic carbocycles. The highest BCUT2D eigenvalue weighted by Gasteiger charge is 2.29. The van der Waals surface area contributed by atoms with E-state index < -0.39 is 10.9 Å².